The predicted octanol–water partition coefficient (Wildman–Crippen LogP) is 0.864. The summed E-state index contributed by atoms with van der Waals surface area (Å²) in [6.45, 7) is 0. The molecule has 1 aromatic heterocycles. The second-order valence-electron chi connectivity index (χ2n) is 1.42. The molecule has 0 saturated heterocycles. The van der Waals surface area contributed by atoms with Crippen LogP contribution in [0.15, 0.2) is 0 Å². The maximum absolute atomic E-state index is 10.2. The van der Waals surface area contributed by atoms with Crippen LogP contribution in [-0.4, -0.2) is 18.1 Å². The topological polar surface area (TPSA) is 63.1 Å². The van der Waals surface area contributed by atoms with Crippen LogP contribution in [0, 0.1) is 3.83 Å². The minimum atomic E-state index is -1.80. The van der Waals surface area contributed by atoms with E-state index in [1.165, 1.54) is 0 Å². The van der Waals surface area contributed by atoms with Crippen molar-refractivity contribution in [2.75, 3.05) is 0 Å². The summed E-state index contributed by atoms with van der Waals surface area (Å²) in [5.74, 6) is 0.0840. The lowest BCUT2D eigenvalue weighted by Crippen LogP contribution is -1.91. The van der Waals surface area contributed by atoms with Crippen LogP contribution >= 0.6 is 34.1 Å². The Labute approximate surface area is 77.7 Å². The third-order valence-corrected chi connectivity index (χ3v) is 2.91. The zero-order chi connectivity index (χ0) is 7.56. The average molecular weight is 290 g/mol. The van der Waals surface area contributed by atoms with Gasteiger partial charge in [0, 0.05) is 22.6 Å². The van der Waals surface area contributed by atoms with E-state index in [9.17, 15) is 4.21 Å². The monoisotopic (exact) mass is 290 g/mol. The van der Waals surface area contributed by atoms with Crippen molar-refractivity contribution in [2.45, 2.75) is 5.75 Å². The molecular formula is C3H3IN2O2S2. The number of hydrogen-bond acceptors (Lipinski definition) is 4. The van der Waals surface area contributed by atoms with Crippen LogP contribution in [0.5, 0.6) is 0 Å². The van der Waals surface area contributed by atoms with Crippen LogP contribution in [0.1, 0.15) is 5.01 Å². The third-order valence-electron chi connectivity index (χ3n) is 0.690. The van der Waals surface area contributed by atoms with E-state index in [4.69, 9.17) is 4.55 Å². The molecule has 0 aromatic carbocycles. The lowest BCUT2D eigenvalue weighted by Gasteiger charge is -1.84. The first-order valence-corrected chi connectivity index (χ1v) is 5.37. The number of rotatable bonds is 2. The highest BCUT2D eigenvalue weighted by atomic mass is 127. The van der Waals surface area contributed by atoms with Gasteiger partial charge in [0.2, 0.25) is 3.83 Å². The van der Waals surface area contributed by atoms with E-state index >= 15 is 0 Å². The van der Waals surface area contributed by atoms with Gasteiger partial charge in [0.15, 0.2) is 11.1 Å². The van der Waals surface area contributed by atoms with Crippen LogP contribution in [-0.2, 0) is 16.8 Å². The van der Waals surface area contributed by atoms with E-state index in [0.29, 0.717) is 8.84 Å². The van der Waals surface area contributed by atoms with Crippen LogP contribution in [0.2, 0.25) is 0 Å². The van der Waals surface area contributed by atoms with Crippen LogP contribution in [0.25, 0.3) is 0 Å². The van der Waals surface area contributed by atoms with Gasteiger partial charge in [-0.05, 0) is 11.5 Å². The molecule has 0 radical (unpaired) electrons. The van der Waals surface area contributed by atoms with Crippen molar-refractivity contribution in [2.24, 2.45) is 0 Å². The second-order valence-corrected chi connectivity index (χ2v) is 4.16. The van der Waals surface area contributed by atoms with E-state index in [1.54, 1.807) is 0 Å². The summed E-state index contributed by atoms with van der Waals surface area (Å²) in [4.78, 5) is 3.89. The molecule has 0 fully saturated rings. The first kappa shape index (κ1) is 8.50. The summed E-state index contributed by atoms with van der Waals surface area (Å²) >= 11 is 1.31. The minimum Gasteiger partial charge on any atom is -0.306 e. The maximum Gasteiger partial charge on any atom is 0.203 e. The van der Waals surface area contributed by atoms with Gasteiger partial charge in [-0.15, -0.1) is 0 Å². The van der Waals surface area contributed by atoms with E-state index < -0.39 is 11.1 Å². The van der Waals surface area contributed by atoms with Crippen molar-refractivity contribution in [3.8, 4) is 0 Å². The number of hydrogen-bond donors (Lipinski definition) is 1. The molecule has 0 spiro atoms. The zero-order valence-electron chi connectivity index (χ0n) is 4.65. The van der Waals surface area contributed by atoms with Crippen molar-refractivity contribution >= 4 is 45.2 Å². The van der Waals surface area contributed by atoms with Crippen molar-refractivity contribution in [1.29, 1.82) is 0 Å². The lowest BCUT2D eigenvalue weighted by molar-refractivity contribution is 0.563. The molecule has 7 heteroatoms. The Morgan fingerprint density at radius 2 is 2.50 bits per heavy atom. The molecule has 1 heterocycles. The Morgan fingerprint density at radius 1 is 1.80 bits per heavy atom. The van der Waals surface area contributed by atoms with Gasteiger partial charge in [0.25, 0.3) is 0 Å². The quantitative estimate of drug-likeness (QED) is 0.648. The van der Waals surface area contributed by atoms with Crippen molar-refractivity contribution in [3.05, 3.63) is 8.84 Å². The summed E-state index contributed by atoms with van der Waals surface area (Å²) in [6.07, 6.45) is 0. The molecule has 0 aliphatic heterocycles. The van der Waals surface area contributed by atoms with Gasteiger partial charge in [-0.2, -0.15) is 4.37 Å². The Morgan fingerprint density at radius 3 is 2.90 bits per heavy atom. The van der Waals surface area contributed by atoms with Crippen molar-refractivity contribution in [3.63, 3.8) is 0 Å². The molecule has 1 aromatic rings. The normalized spacial score (nSPS) is 13.4. The van der Waals surface area contributed by atoms with E-state index in [1.807, 2.05) is 22.6 Å². The molecule has 1 atom stereocenters. The average Bonchev–Trinajstić information content (AvgIpc) is 2.13. The minimum absolute atomic E-state index is 0.0840. The Balaban J connectivity index is 2.67. The highest BCUT2D eigenvalue weighted by molar-refractivity contribution is 14.1. The molecule has 0 amide bonds. The molecule has 0 aliphatic rings. The van der Waals surface area contributed by atoms with Crippen molar-refractivity contribution < 1.29 is 8.76 Å². The fourth-order valence-electron chi connectivity index (χ4n) is 0.398. The van der Waals surface area contributed by atoms with Gasteiger partial charge in [0.05, 0.1) is 0 Å². The lowest BCUT2D eigenvalue weighted by atomic mass is 10.8. The summed E-state index contributed by atoms with van der Waals surface area (Å²) in [7, 11) is 0. The molecule has 1 unspecified atom stereocenters. The number of nitrogens with zero attached hydrogens (tertiary/aromatic N) is 2. The first-order chi connectivity index (χ1) is 4.68. The van der Waals surface area contributed by atoms with E-state index in [-0.39, 0.29) is 5.75 Å². The molecule has 0 saturated carbocycles. The zero-order valence-corrected chi connectivity index (χ0v) is 8.44. The number of aromatic nitrogens is 2. The fraction of sp³-hybridized carbons (Fsp3) is 0.333. The summed E-state index contributed by atoms with van der Waals surface area (Å²) in [5.41, 5.74) is 0. The van der Waals surface area contributed by atoms with Gasteiger partial charge in [-0.3, -0.25) is 0 Å². The highest BCUT2D eigenvalue weighted by Crippen LogP contribution is 2.07. The molecule has 56 valence electrons. The SMILES string of the molecule is O=S(O)Cc1nc(I)ns1. The Hall–Kier alpha value is 0.400. The molecule has 1 N–H and O–H groups in total. The molecule has 1 rings (SSSR count). The van der Waals surface area contributed by atoms with E-state index in [0.717, 1.165) is 11.5 Å². The van der Waals surface area contributed by atoms with Gasteiger partial charge in [-0.25, -0.2) is 9.19 Å². The molecule has 10 heavy (non-hydrogen) atoms. The van der Waals surface area contributed by atoms with Crippen molar-refractivity contribution in [1.82, 2.24) is 9.36 Å². The van der Waals surface area contributed by atoms with Gasteiger partial charge in [0.1, 0.15) is 10.8 Å². The molecule has 0 bridgehead atoms. The standard InChI is InChI=1S/C3H3IN2O2S2/c4-3-5-2(9-6-3)1-10(7)8/h1H2,(H,7,8). The largest absolute Gasteiger partial charge is 0.306 e. The fourth-order valence-corrected chi connectivity index (χ4v) is 2.29. The summed E-state index contributed by atoms with van der Waals surface area (Å²) in [6, 6.07) is 0. The molecule has 0 aliphatic carbocycles. The predicted molar refractivity (Wildman–Crippen MR) is 47.1 cm³/mol. The smallest absolute Gasteiger partial charge is 0.203 e. The Bertz CT molecular complexity index is 250. The third kappa shape index (κ3) is 2.56. The molecular weight excluding hydrogens is 287 g/mol. The second kappa shape index (κ2) is 3.69. The van der Waals surface area contributed by atoms with Crippen LogP contribution in [0.3, 0.4) is 0 Å². The highest BCUT2D eigenvalue weighted by Gasteiger charge is 2.03. The van der Waals surface area contributed by atoms with Crippen LogP contribution in [0.4, 0.5) is 0 Å². The van der Waals surface area contributed by atoms with Gasteiger partial charge < -0.3 is 4.55 Å². The van der Waals surface area contributed by atoms with Gasteiger partial charge in [-0.1, -0.05) is 0 Å². The summed E-state index contributed by atoms with van der Waals surface area (Å²) < 4.78 is 23.1. The maximum atomic E-state index is 10.2. The first-order valence-electron chi connectivity index (χ1n) is 2.24. The van der Waals surface area contributed by atoms with E-state index in [2.05, 4.69) is 9.36 Å². The summed E-state index contributed by atoms with van der Waals surface area (Å²) in [5, 5.41) is 0.602. The van der Waals surface area contributed by atoms with Gasteiger partial charge >= 0.3 is 0 Å². The Kier molecular flexibility index (Phi) is 3.14. The van der Waals surface area contributed by atoms with Crippen LogP contribution < -0.4 is 0 Å². The molecule has 4 nitrogen and oxygen atoms in total. The number of halogens is 1.